The number of nitrogens with zero attached hydrogens (tertiary/aromatic N) is 6. The Kier molecular flexibility index (Phi) is 14.6. The summed E-state index contributed by atoms with van der Waals surface area (Å²) in [5.74, 6) is -0.906. The van der Waals surface area contributed by atoms with Gasteiger partial charge < -0.3 is 31.0 Å². The number of H-pyrrole nitrogens is 1. The molecule has 1 aliphatic heterocycles. The van der Waals surface area contributed by atoms with Gasteiger partial charge in [-0.2, -0.15) is 10.2 Å². The van der Waals surface area contributed by atoms with Gasteiger partial charge in [-0.25, -0.2) is 14.1 Å². The van der Waals surface area contributed by atoms with Crippen molar-refractivity contribution in [1.82, 2.24) is 45.1 Å². The molecule has 7 rings (SSSR count). The number of rotatable bonds is 19. The summed E-state index contributed by atoms with van der Waals surface area (Å²) in [5, 5.41) is 15.6. The standard InChI is InChI=1S/C49H59FN10O5/c1-31(52-5)47(63)57-44(49(2,3)4)48(64)59-29-35-20-39(17-16-33(35)22-42(59)45(51)62)65-18-11-9-7-6-8-10-15-43(61)60-30-36(24-56-60)34-21-40-41(26-54-46(40)53-23-34)37-25-55-58(28-37)27-32-13-12-14-38(50)19-32/h12-14,16-17,19-21,23-26,28,30-31,42,44,52H,6-11,15,18,22,27,29H2,1-5H3,(H2,51,62)(H,53,54)(H,57,63)/t31-,42-,44+/m1/s1. The third kappa shape index (κ3) is 11.3. The average Bonchev–Trinajstić information content (AvgIpc) is 4.06. The SMILES string of the molecule is CN[C@H](C)C(=O)N[C@@H](C(=O)N1Cc2cc(OCCCCCCCCC(=O)n3cc(-c4cnc5[nH]cc(-c6cnn(Cc7cccc(F)c7)c6)c5c4)cn3)ccc2C[C@@H]1C(N)=O)C(C)(C)C. The van der Waals surface area contributed by atoms with Gasteiger partial charge in [-0.05, 0) is 79.3 Å². The number of fused-ring (bicyclic) bond motifs is 2. The van der Waals surface area contributed by atoms with E-state index in [2.05, 4.69) is 30.8 Å². The number of unbranched alkanes of at least 4 members (excludes halogenated alkanes) is 5. The van der Waals surface area contributed by atoms with Crippen LogP contribution in [0, 0.1) is 11.2 Å². The highest BCUT2D eigenvalue weighted by molar-refractivity contribution is 5.96. The number of pyridine rings is 1. The number of ether oxygens (including phenoxy) is 1. The molecule has 0 spiro atoms. The number of halogens is 1. The smallest absolute Gasteiger partial charge is 0.246 e. The van der Waals surface area contributed by atoms with E-state index >= 15 is 0 Å². The Bertz CT molecular complexity index is 2640. The molecule has 5 N–H and O–H groups in total. The number of carbonyl (C=O) groups is 4. The first kappa shape index (κ1) is 46.3. The molecule has 0 fully saturated rings. The van der Waals surface area contributed by atoms with Crippen molar-refractivity contribution in [3.05, 3.63) is 108 Å². The summed E-state index contributed by atoms with van der Waals surface area (Å²) in [6.07, 6.45) is 17.0. The Morgan fingerprint density at radius 1 is 0.923 bits per heavy atom. The number of aromatic nitrogens is 6. The van der Waals surface area contributed by atoms with E-state index in [9.17, 15) is 23.6 Å². The molecule has 0 saturated carbocycles. The van der Waals surface area contributed by atoms with Crippen LogP contribution < -0.4 is 21.1 Å². The number of likely N-dealkylation sites (N-methyl/N-ethyl adjacent to an activating group) is 1. The summed E-state index contributed by atoms with van der Waals surface area (Å²) in [5.41, 5.74) is 12.0. The van der Waals surface area contributed by atoms with Gasteiger partial charge in [0.05, 0.1) is 31.6 Å². The third-order valence-electron chi connectivity index (χ3n) is 12.1. The van der Waals surface area contributed by atoms with E-state index in [0.29, 0.717) is 25.3 Å². The van der Waals surface area contributed by atoms with Crippen LogP contribution in [0.5, 0.6) is 5.75 Å². The quantitative estimate of drug-likeness (QED) is 0.0633. The molecule has 6 aromatic rings. The summed E-state index contributed by atoms with van der Waals surface area (Å²) in [4.78, 5) is 61.8. The fraction of sp³-hybridized carbons (Fsp3) is 0.408. The molecule has 0 unspecified atom stereocenters. The lowest BCUT2D eigenvalue weighted by atomic mass is 9.84. The minimum atomic E-state index is -0.864. The molecule has 0 aliphatic carbocycles. The Morgan fingerprint density at radius 2 is 1.69 bits per heavy atom. The van der Waals surface area contributed by atoms with Crippen LogP contribution >= 0.6 is 0 Å². The van der Waals surface area contributed by atoms with E-state index in [1.807, 2.05) is 63.5 Å². The normalized spacial score (nSPS) is 14.8. The van der Waals surface area contributed by atoms with Gasteiger partial charge in [0, 0.05) is 71.8 Å². The van der Waals surface area contributed by atoms with Gasteiger partial charge in [0.1, 0.15) is 29.3 Å². The third-order valence-corrected chi connectivity index (χ3v) is 12.1. The van der Waals surface area contributed by atoms with E-state index in [1.54, 1.807) is 49.5 Å². The molecule has 15 nitrogen and oxygen atoms in total. The Balaban J connectivity index is 0.839. The number of nitrogens with two attached hydrogens (primary N) is 1. The van der Waals surface area contributed by atoms with Crippen LogP contribution in [0.1, 0.15) is 94.1 Å². The zero-order chi connectivity index (χ0) is 46.3. The maximum absolute atomic E-state index is 14.0. The lowest BCUT2D eigenvalue weighted by molar-refractivity contribution is -0.146. The van der Waals surface area contributed by atoms with Gasteiger partial charge >= 0.3 is 0 Å². The van der Waals surface area contributed by atoms with Gasteiger partial charge in [0.15, 0.2) is 0 Å². The molecule has 0 bridgehead atoms. The zero-order valence-electron chi connectivity index (χ0n) is 37.8. The monoisotopic (exact) mass is 886 g/mol. The second kappa shape index (κ2) is 20.4. The van der Waals surface area contributed by atoms with Crippen LogP contribution in [0.25, 0.3) is 33.3 Å². The van der Waals surface area contributed by atoms with Crippen LogP contribution in [0.15, 0.2) is 85.7 Å². The zero-order valence-corrected chi connectivity index (χ0v) is 37.8. The van der Waals surface area contributed by atoms with Crippen LogP contribution in [0.2, 0.25) is 0 Å². The van der Waals surface area contributed by atoms with E-state index in [1.165, 1.54) is 21.7 Å². The highest BCUT2D eigenvalue weighted by Gasteiger charge is 2.42. The molecule has 3 atom stereocenters. The second-order valence-corrected chi connectivity index (χ2v) is 18.0. The summed E-state index contributed by atoms with van der Waals surface area (Å²) in [6.45, 7) is 8.50. The molecule has 0 saturated heterocycles. The number of amides is 3. The fourth-order valence-corrected chi connectivity index (χ4v) is 8.16. The van der Waals surface area contributed by atoms with Gasteiger partial charge in [-0.3, -0.25) is 23.9 Å². The van der Waals surface area contributed by atoms with Crippen LogP contribution in [-0.4, -0.2) is 89.8 Å². The minimum Gasteiger partial charge on any atom is -0.494 e. The number of hydrogen-bond donors (Lipinski definition) is 4. The molecule has 5 heterocycles. The lowest BCUT2D eigenvalue weighted by Crippen LogP contribution is -2.61. The lowest BCUT2D eigenvalue weighted by Gasteiger charge is -2.40. The van der Waals surface area contributed by atoms with Crippen molar-refractivity contribution in [2.24, 2.45) is 11.1 Å². The maximum atomic E-state index is 14.0. The topological polar surface area (TPSA) is 195 Å². The summed E-state index contributed by atoms with van der Waals surface area (Å²) >= 11 is 0. The largest absolute Gasteiger partial charge is 0.494 e. The molecule has 0 radical (unpaired) electrons. The summed E-state index contributed by atoms with van der Waals surface area (Å²) in [6, 6.07) is 12.0. The van der Waals surface area contributed by atoms with Crippen molar-refractivity contribution in [2.75, 3.05) is 13.7 Å². The molecule has 3 amide bonds. The van der Waals surface area contributed by atoms with Crippen molar-refractivity contribution >= 4 is 34.7 Å². The van der Waals surface area contributed by atoms with Crippen LogP contribution in [0.3, 0.4) is 0 Å². The molecule has 1 aliphatic rings. The molecule has 16 heteroatoms. The number of nitrogens with one attached hydrogen (secondary N) is 3. The number of carbonyl (C=O) groups excluding carboxylic acids is 4. The number of benzene rings is 2. The van der Waals surface area contributed by atoms with Gasteiger partial charge in [0.25, 0.3) is 0 Å². The Hall–Kier alpha value is -6.68. The molecular weight excluding hydrogens is 828 g/mol. The van der Waals surface area contributed by atoms with Crippen LogP contribution in [0.4, 0.5) is 4.39 Å². The number of primary amides is 1. The van der Waals surface area contributed by atoms with E-state index < -0.39 is 29.4 Å². The molecule has 342 valence electrons. The first-order chi connectivity index (χ1) is 31.2. The van der Waals surface area contributed by atoms with E-state index in [4.69, 9.17) is 10.5 Å². The predicted octanol–water partition coefficient (Wildman–Crippen LogP) is 6.80. The minimum absolute atomic E-state index is 0.0608. The number of hydrogen-bond acceptors (Lipinski definition) is 9. The van der Waals surface area contributed by atoms with Gasteiger partial charge in [-0.1, -0.05) is 64.7 Å². The maximum Gasteiger partial charge on any atom is 0.246 e. The predicted molar refractivity (Wildman–Crippen MR) is 246 cm³/mol. The van der Waals surface area contributed by atoms with Crippen molar-refractivity contribution in [3.63, 3.8) is 0 Å². The number of aromatic amines is 1. The highest BCUT2D eigenvalue weighted by Crippen LogP contribution is 2.32. The molecule has 65 heavy (non-hydrogen) atoms. The van der Waals surface area contributed by atoms with E-state index in [-0.39, 0.29) is 36.5 Å². The fourth-order valence-electron chi connectivity index (χ4n) is 8.16. The van der Waals surface area contributed by atoms with Gasteiger partial charge in [0.2, 0.25) is 23.6 Å². The highest BCUT2D eigenvalue weighted by atomic mass is 19.1. The first-order valence-electron chi connectivity index (χ1n) is 22.3. The summed E-state index contributed by atoms with van der Waals surface area (Å²) < 4.78 is 23.0. The van der Waals surface area contributed by atoms with Gasteiger partial charge in [-0.15, -0.1) is 0 Å². The van der Waals surface area contributed by atoms with Crippen molar-refractivity contribution in [1.29, 1.82) is 0 Å². The molecule has 4 aromatic heterocycles. The molecule has 2 aromatic carbocycles. The van der Waals surface area contributed by atoms with E-state index in [0.717, 1.165) is 88.5 Å². The van der Waals surface area contributed by atoms with Crippen LogP contribution in [-0.2, 0) is 33.9 Å². The van der Waals surface area contributed by atoms with Crippen molar-refractivity contribution in [3.8, 4) is 28.0 Å². The van der Waals surface area contributed by atoms with Crippen molar-refractivity contribution < 1.29 is 28.3 Å². The average molecular weight is 887 g/mol. The Morgan fingerprint density at radius 3 is 2.45 bits per heavy atom. The second-order valence-electron chi connectivity index (χ2n) is 18.0. The first-order valence-corrected chi connectivity index (χ1v) is 22.3. The molecular formula is C49H59FN10O5. The summed E-state index contributed by atoms with van der Waals surface area (Å²) in [7, 11) is 1.68. The Labute approximate surface area is 378 Å². The van der Waals surface area contributed by atoms with Crippen molar-refractivity contribution in [2.45, 2.75) is 110 Å².